The van der Waals surface area contributed by atoms with E-state index in [-0.39, 0.29) is 5.54 Å². The number of hydrogen-bond donors (Lipinski definition) is 2. The molecule has 1 aliphatic rings. The highest BCUT2D eigenvalue weighted by molar-refractivity contribution is 6.29. The average molecular weight is 227 g/mol. The summed E-state index contributed by atoms with van der Waals surface area (Å²) in [7, 11) is 0. The first-order chi connectivity index (χ1) is 7.18. The molecule has 0 radical (unpaired) electrons. The van der Waals surface area contributed by atoms with Gasteiger partial charge in [0.1, 0.15) is 5.82 Å². The summed E-state index contributed by atoms with van der Waals surface area (Å²) in [5.41, 5.74) is 0.119. The average Bonchev–Trinajstić information content (AvgIpc) is 2.22. The monoisotopic (exact) mass is 226 g/mol. The van der Waals surface area contributed by atoms with E-state index in [0.29, 0.717) is 5.15 Å². The summed E-state index contributed by atoms with van der Waals surface area (Å²) in [6, 6.07) is 3.62. The molecule has 1 saturated heterocycles. The van der Waals surface area contributed by atoms with Gasteiger partial charge in [-0.25, -0.2) is 0 Å². The van der Waals surface area contributed by atoms with Gasteiger partial charge in [0.2, 0.25) is 0 Å². The van der Waals surface area contributed by atoms with Gasteiger partial charge in [0.15, 0.2) is 5.15 Å². The zero-order chi connectivity index (χ0) is 10.7. The van der Waals surface area contributed by atoms with Gasteiger partial charge in [0.05, 0.1) is 0 Å². The van der Waals surface area contributed by atoms with E-state index in [1.807, 2.05) is 6.07 Å². The van der Waals surface area contributed by atoms with E-state index in [0.717, 1.165) is 31.7 Å². The maximum atomic E-state index is 5.68. The van der Waals surface area contributed by atoms with Crippen molar-refractivity contribution in [2.45, 2.75) is 25.3 Å². The lowest BCUT2D eigenvalue weighted by atomic mass is 9.91. The molecule has 1 aromatic rings. The second-order valence-corrected chi connectivity index (χ2v) is 4.56. The van der Waals surface area contributed by atoms with Crippen molar-refractivity contribution in [3.63, 3.8) is 0 Å². The van der Waals surface area contributed by atoms with Gasteiger partial charge >= 0.3 is 0 Å². The third-order valence-electron chi connectivity index (χ3n) is 2.77. The van der Waals surface area contributed by atoms with Gasteiger partial charge in [-0.2, -0.15) is 0 Å². The quantitative estimate of drug-likeness (QED) is 0.806. The molecule has 15 heavy (non-hydrogen) atoms. The number of nitrogens with zero attached hydrogens (tertiary/aromatic N) is 2. The Hall–Kier alpha value is -0.870. The maximum Gasteiger partial charge on any atom is 0.151 e. The predicted octanol–water partition coefficient (Wildman–Crippen LogP) is 1.68. The predicted molar refractivity (Wildman–Crippen MR) is 61.2 cm³/mol. The Kier molecular flexibility index (Phi) is 3.07. The zero-order valence-electron chi connectivity index (χ0n) is 8.76. The van der Waals surface area contributed by atoms with Gasteiger partial charge in [-0.05, 0) is 45.0 Å². The lowest BCUT2D eigenvalue weighted by Crippen LogP contribution is -2.45. The molecular weight excluding hydrogens is 212 g/mol. The normalized spacial score (nSPS) is 19.9. The molecule has 1 aliphatic heterocycles. The number of aromatic nitrogens is 2. The summed E-state index contributed by atoms with van der Waals surface area (Å²) < 4.78 is 0. The first kappa shape index (κ1) is 10.6. The molecule has 0 bridgehead atoms. The molecule has 1 fully saturated rings. The van der Waals surface area contributed by atoms with Crippen molar-refractivity contribution < 1.29 is 0 Å². The van der Waals surface area contributed by atoms with Crippen molar-refractivity contribution in [3.8, 4) is 0 Å². The molecule has 0 saturated carbocycles. The summed E-state index contributed by atoms with van der Waals surface area (Å²) in [6.07, 6.45) is 2.19. The lowest BCUT2D eigenvalue weighted by Gasteiger charge is -2.35. The fourth-order valence-electron chi connectivity index (χ4n) is 1.80. The van der Waals surface area contributed by atoms with Crippen LogP contribution in [0.15, 0.2) is 12.1 Å². The largest absolute Gasteiger partial charge is 0.363 e. The number of anilines is 1. The van der Waals surface area contributed by atoms with Crippen molar-refractivity contribution in [1.82, 2.24) is 15.5 Å². The second kappa shape index (κ2) is 4.33. The molecule has 0 aromatic carbocycles. The van der Waals surface area contributed by atoms with E-state index in [4.69, 9.17) is 11.6 Å². The Labute approximate surface area is 94.4 Å². The minimum absolute atomic E-state index is 0.119. The minimum atomic E-state index is 0.119. The van der Waals surface area contributed by atoms with Crippen LogP contribution in [0.4, 0.5) is 5.82 Å². The van der Waals surface area contributed by atoms with Crippen molar-refractivity contribution in [2.75, 3.05) is 18.4 Å². The number of halogens is 1. The molecule has 2 heterocycles. The zero-order valence-corrected chi connectivity index (χ0v) is 9.51. The number of rotatable bonds is 2. The van der Waals surface area contributed by atoms with Crippen LogP contribution in [0.25, 0.3) is 0 Å². The van der Waals surface area contributed by atoms with Crippen molar-refractivity contribution in [3.05, 3.63) is 17.3 Å². The summed E-state index contributed by atoms with van der Waals surface area (Å²) in [4.78, 5) is 0. The van der Waals surface area contributed by atoms with E-state index < -0.39 is 0 Å². The fourth-order valence-corrected chi connectivity index (χ4v) is 1.90. The highest BCUT2D eigenvalue weighted by atomic mass is 35.5. The van der Waals surface area contributed by atoms with Gasteiger partial charge in [-0.1, -0.05) is 11.6 Å². The van der Waals surface area contributed by atoms with Crippen LogP contribution in [0, 0.1) is 0 Å². The Morgan fingerprint density at radius 2 is 2.07 bits per heavy atom. The molecule has 1 aromatic heterocycles. The van der Waals surface area contributed by atoms with E-state index >= 15 is 0 Å². The second-order valence-electron chi connectivity index (χ2n) is 4.18. The van der Waals surface area contributed by atoms with Crippen LogP contribution in [0.5, 0.6) is 0 Å². The molecule has 0 aliphatic carbocycles. The van der Waals surface area contributed by atoms with Gasteiger partial charge in [-0.15, -0.1) is 10.2 Å². The molecule has 0 unspecified atom stereocenters. The lowest BCUT2D eigenvalue weighted by molar-refractivity contribution is 0.364. The summed E-state index contributed by atoms with van der Waals surface area (Å²) >= 11 is 5.68. The molecule has 2 rings (SSSR count). The van der Waals surface area contributed by atoms with Crippen LogP contribution in [-0.2, 0) is 0 Å². The first-order valence-corrected chi connectivity index (χ1v) is 5.54. The molecule has 2 N–H and O–H groups in total. The molecule has 82 valence electrons. The van der Waals surface area contributed by atoms with E-state index in [1.165, 1.54) is 0 Å². The van der Waals surface area contributed by atoms with Gasteiger partial charge in [0.25, 0.3) is 0 Å². The van der Waals surface area contributed by atoms with Gasteiger partial charge in [-0.3, -0.25) is 0 Å². The maximum absolute atomic E-state index is 5.68. The van der Waals surface area contributed by atoms with Crippen LogP contribution in [0.3, 0.4) is 0 Å². The molecule has 4 nitrogen and oxygen atoms in total. The van der Waals surface area contributed by atoms with E-state index in [1.54, 1.807) is 6.07 Å². The van der Waals surface area contributed by atoms with Crippen LogP contribution in [0.1, 0.15) is 19.8 Å². The molecule has 0 atom stereocenters. The number of nitrogens with one attached hydrogen (secondary N) is 2. The highest BCUT2D eigenvalue weighted by Crippen LogP contribution is 2.22. The Balaban J connectivity index is 2.03. The molecule has 0 amide bonds. The summed E-state index contributed by atoms with van der Waals surface area (Å²) in [6.45, 7) is 4.30. The molecular formula is C10H15ClN4. The summed E-state index contributed by atoms with van der Waals surface area (Å²) in [5.74, 6) is 0.795. The first-order valence-electron chi connectivity index (χ1n) is 5.16. The van der Waals surface area contributed by atoms with Crippen LogP contribution < -0.4 is 10.6 Å². The Bertz CT molecular complexity index is 319. The number of piperidine rings is 1. The smallest absolute Gasteiger partial charge is 0.151 e. The van der Waals surface area contributed by atoms with E-state index in [9.17, 15) is 0 Å². The number of hydrogen-bond acceptors (Lipinski definition) is 4. The standard InChI is InChI=1S/C10H15ClN4/c1-10(4-6-12-7-5-10)13-9-3-2-8(11)14-15-9/h2-3,12H,4-7H2,1H3,(H,13,15). The van der Waals surface area contributed by atoms with Crippen molar-refractivity contribution in [1.29, 1.82) is 0 Å². The topological polar surface area (TPSA) is 49.8 Å². The van der Waals surface area contributed by atoms with Gasteiger partial charge in [0, 0.05) is 5.54 Å². The molecule has 0 spiro atoms. The van der Waals surface area contributed by atoms with Gasteiger partial charge < -0.3 is 10.6 Å². The minimum Gasteiger partial charge on any atom is -0.363 e. The van der Waals surface area contributed by atoms with Crippen LogP contribution >= 0.6 is 11.6 Å². The van der Waals surface area contributed by atoms with E-state index in [2.05, 4.69) is 27.8 Å². The fraction of sp³-hybridized carbons (Fsp3) is 0.600. The van der Waals surface area contributed by atoms with Crippen LogP contribution in [0.2, 0.25) is 5.15 Å². The third kappa shape index (κ3) is 2.79. The van der Waals surface area contributed by atoms with Crippen LogP contribution in [-0.4, -0.2) is 28.8 Å². The Morgan fingerprint density at radius 3 is 2.67 bits per heavy atom. The Morgan fingerprint density at radius 1 is 1.33 bits per heavy atom. The SMILES string of the molecule is CC1(Nc2ccc(Cl)nn2)CCNCC1. The van der Waals surface area contributed by atoms with Crippen molar-refractivity contribution in [2.24, 2.45) is 0 Å². The third-order valence-corrected chi connectivity index (χ3v) is 2.97. The summed E-state index contributed by atoms with van der Waals surface area (Å²) in [5, 5.41) is 15.0. The molecule has 5 heteroatoms. The highest BCUT2D eigenvalue weighted by Gasteiger charge is 2.26. The van der Waals surface area contributed by atoms with Crippen molar-refractivity contribution >= 4 is 17.4 Å².